The highest BCUT2D eigenvalue weighted by Gasteiger charge is 2.16. The van der Waals surface area contributed by atoms with Crippen LogP contribution in [0.3, 0.4) is 0 Å². The molecule has 1 N–H and O–H groups in total. The highest BCUT2D eigenvalue weighted by atomic mass is 79.9. The summed E-state index contributed by atoms with van der Waals surface area (Å²) in [6, 6.07) is 5.62. The third-order valence-electron chi connectivity index (χ3n) is 2.62. The quantitative estimate of drug-likeness (QED) is 0.801. The van der Waals surface area contributed by atoms with Crippen LogP contribution in [0.25, 0.3) is 0 Å². The molecule has 0 aliphatic rings. The van der Waals surface area contributed by atoms with Crippen molar-refractivity contribution in [2.45, 2.75) is 13.8 Å². The second-order valence-corrected chi connectivity index (χ2v) is 6.27. The number of nitrogens with one attached hydrogen (secondary N) is 1. The Balaban J connectivity index is 2.22. The number of carbonyl (C=O) groups excluding carboxylic acids is 1. The lowest BCUT2D eigenvalue weighted by Crippen LogP contribution is -2.06. The van der Waals surface area contributed by atoms with Crippen molar-refractivity contribution in [3.05, 3.63) is 33.2 Å². The zero-order valence-electron chi connectivity index (χ0n) is 11.9. The molecule has 1 aromatic heterocycles. The van der Waals surface area contributed by atoms with E-state index in [-0.39, 0.29) is 0 Å². The smallest absolute Gasteiger partial charge is 0.358 e. The van der Waals surface area contributed by atoms with Gasteiger partial charge in [-0.2, -0.15) is 0 Å². The van der Waals surface area contributed by atoms with E-state index in [0.29, 0.717) is 17.4 Å². The fourth-order valence-corrected chi connectivity index (χ4v) is 3.01. The van der Waals surface area contributed by atoms with Gasteiger partial charge in [0.05, 0.1) is 13.7 Å². The summed E-state index contributed by atoms with van der Waals surface area (Å²) in [6.07, 6.45) is 0. The molecule has 1 aromatic carbocycles. The highest BCUT2D eigenvalue weighted by molar-refractivity contribution is 9.10. The Hall–Kier alpha value is -1.60. The molecule has 0 radical (unpaired) electrons. The molecule has 5 nitrogen and oxygen atoms in total. The van der Waals surface area contributed by atoms with Crippen molar-refractivity contribution < 1.29 is 14.3 Å². The van der Waals surface area contributed by atoms with E-state index in [1.54, 1.807) is 14.0 Å². The average molecular weight is 371 g/mol. The van der Waals surface area contributed by atoms with Crippen molar-refractivity contribution in [1.82, 2.24) is 4.98 Å². The first-order valence-corrected chi connectivity index (χ1v) is 7.90. The number of halogens is 1. The molecular weight excluding hydrogens is 356 g/mol. The molecule has 0 atom stereocenters. The first-order valence-electron chi connectivity index (χ1n) is 6.29. The molecule has 21 heavy (non-hydrogen) atoms. The van der Waals surface area contributed by atoms with Gasteiger partial charge in [-0.15, -0.1) is 11.3 Å². The van der Waals surface area contributed by atoms with E-state index in [9.17, 15) is 4.79 Å². The summed E-state index contributed by atoms with van der Waals surface area (Å²) >= 11 is 4.82. The number of aromatic nitrogens is 1. The summed E-state index contributed by atoms with van der Waals surface area (Å²) < 4.78 is 11.1. The number of thiazole rings is 1. The third-order valence-corrected chi connectivity index (χ3v) is 3.97. The fraction of sp³-hybridized carbons (Fsp3) is 0.286. The van der Waals surface area contributed by atoms with Crippen LogP contribution in [0.1, 0.15) is 22.3 Å². The fourth-order valence-electron chi connectivity index (χ4n) is 1.71. The van der Waals surface area contributed by atoms with Crippen molar-refractivity contribution in [3.8, 4) is 5.75 Å². The van der Waals surface area contributed by atoms with Gasteiger partial charge in [0.1, 0.15) is 5.75 Å². The number of esters is 1. The van der Waals surface area contributed by atoms with Crippen molar-refractivity contribution in [2.24, 2.45) is 0 Å². The van der Waals surface area contributed by atoms with Gasteiger partial charge in [-0.3, -0.25) is 0 Å². The van der Waals surface area contributed by atoms with Gasteiger partial charge in [-0.25, -0.2) is 9.78 Å². The lowest BCUT2D eigenvalue weighted by Gasteiger charge is -2.06. The van der Waals surface area contributed by atoms with Crippen LogP contribution in [0.2, 0.25) is 0 Å². The van der Waals surface area contributed by atoms with Gasteiger partial charge in [0.25, 0.3) is 0 Å². The number of carbonyl (C=O) groups is 1. The molecule has 0 bridgehead atoms. The maximum absolute atomic E-state index is 11.8. The van der Waals surface area contributed by atoms with E-state index in [4.69, 9.17) is 9.47 Å². The standard InChI is InChI=1S/C14H15BrN2O3S/c1-4-20-13(18)12-8(2)21-14(17-12)16-10-5-9(15)6-11(7-10)19-3/h5-7H,4H2,1-3H3,(H,16,17). The van der Waals surface area contributed by atoms with E-state index in [1.807, 2.05) is 25.1 Å². The Labute approximate surface area is 135 Å². The van der Waals surface area contributed by atoms with Crippen LogP contribution >= 0.6 is 27.3 Å². The molecule has 0 saturated heterocycles. The molecule has 0 saturated carbocycles. The molecule has 0 aliphatic carbocycles. The van der Waals surface area contributed by atoms with Gasteiger partial charge in [0.2, 0.25) is 0 Å². The molecule has 0 amide bonds. The molecule has 1 heterocycles. The van der Waals surface area contributed by atoms with Crippen molar-refractivity contribution >= 4 is 44.1 Å². The summed E-state index contributed by atoms with van der Waals surface area (Å²) in [5.74, 6) is 0.330. The lowest BCUT2D eigenvalue weighted by atomic mass is 10.3. The summed E-state index contributed by atoms with van der Waals surface area (Å²) in [6.45, 7) is 3.95. The summed E-state index contributed by atoms with van der Waals surface area (Å²) in [4.78, 5) is 16.9. The Bertz CT molecular complexity index is 658. The molecule has 0 aliphatic heterocycles. The first kappa shape index (κ1) is 15.8. The normalized spacial score (nSPS) is 10.3. The number of methoxy groups -OCH3 is 1. The van der Waals surface area contributed by atoms with Crippen LogP contribution in [0.15, 0.2) is 22.7 Å². The lowest BCUT2D eigenvalue weighted by molar-refractivity contribution is 0.0519. The molecule has 2 aromatic rings. The minimum atomic E-state index is -0.397. The van der Waals surface area contributed by atoms with Crippen LogP contribution in [0.5, 0.6) is 5.75 Å². The second-order valence-electron chi connectivity index (χ2n) is 4.15. The molecule has 0 fully saturated rings. The largest absolute Gasteiger partial charge is 0.497 e. The number of anilines is 2. The van der Waals surface area contributed by atoms with Gasteiger partial charge in [0, 0.05) is 21.1 Å². The first-order chi connectivity index (χ1) is 10.0. The summed E-state index contributed by atoms with van der Waals surface area (Å²) in [5.41, 5.74) is 1.18. The van der Waals surface area contributed by atoms with Crippen LogP contribution in [0.4, 0.5) is 10.8 Å². The van der Waals surface area contributed by atoms with Crippen molar-refractivity contribution in [3.63, 3.8) is 0 Å². The maximum atomic E-state index is 11.8. The maximum Gasteiger partial charge on any atom is 0.358 e. The van der Waals surface area contributed by atoms with E-state index in [0.717, 1.165) is 20.8 Å². The second kappa shape index (κ2) is 6.91. The van der Waals surface area contributed by atoms with Crippen LogP contribution in [-0.4, -0.2) is 24.7 Å². The number of hydrogen-bond acceptors (Lipinski definition) is 6. The van der Waals surface area contributed by atoms with E-state index in [1.165, 1.54) is 11.3 Å². The minimum Gasteiger partial charge on any atom is -0.497 e. The van der Waals surface area contributed by atoms with Crippen LogP contribution in [0, 0.1) is 6.92 Å². The Morgan fingerprint density at radius 1 is 1.43 bits per heavy atom. The highest BCUT2D eigenvalue weighted by Crippen LogP contribution is 2.30. The van der Waals surface area contributed by atoms with Gasteiger partial charge >= 0.3 is 5.97 Å². The number of ether oxygens (including phenoxy) is 2. The Morgan fingerprint density at radius 3 is 2.86 bits per heavy atom. The van der Waals surface area contributed by atoms with E-state index >= 15 is 0 Å². The average Bonchev–Trinajstić information content (AvgIpc) is 2.79. The number of rotatable bonds is 5. The monoisotopic (exact) mass is 370 g/mol. The molecule has 112 valence electrons. The van der Waals surface area contributed by atoms with Crippen LogP contribution < -0.4 is 10.1 Å². The van der Waals surface area contributed by atoms with Crippen LogP contribution in [-0.2, 0) is 4.74 Å². The van der Waals surface area contributed by atoms with E-state index < -0.39 is 5.97 Å². The predicted molar refractivity (Wildman–Crippen MR) is 86.8 cm³/mol. The Kier molecular flexibility index (Phi) is 5.19. The van der Waals surface area contributed by atoms with Gasteiger partial charge in [-0.1, -0.05) is 15.9 Å². The van der Waals surface area contributed by atoms with Crippen molar-refractivity contribution in [2.75, 3.05) is 19.0 Å². The number of nitrogens with zero attached hydrogens (tertiary/aromatic N) is 1. The topological polar surface area (TPSA) is 60.5 Å². The molecule has 0 unspecified atom stereocenters. The van der Waals surface area contributed by atoms with Gasteiger partial charge in [0.15, 0.2) is 10.8 Å². The molecular formula is C14H15BrN2O3S. The van der Waals surface area contributed by atoms with E-state index in [2.05, 4.69) is 26.2 Å². The van der Waals surface area contributed by atoms with Gasteiger partial charge < -0.3 is 14.8 Å². The van der Waals surface area contributed by atoms with Gasteiger partial charge in [-0.05, 0) is 26.0 Å². The molecule has 0 spiro atoms. The zero-order chi connectivity index (χ0) is 15.4. The number of benzene rings is 1. The predicted octanol–water partition coefficient (Wildman–Crippen LogP) is 4.14. The minimum absolute atomic E-state index is 0.335. The molecule has 2 rings (SSSR count). The SMILES string of the molecule is CCOC(=O)c1nc(Nc2cc(Br)cc(OC)c2)sc1C. The van der Waals surface area contributed by atoms with Crippen molar-refractivity contribution in [1.29, 1.82) is 0 Å². The zero-order valence-corrected chi connectivity index (χ0v) is 14.3. The molecule has 7 heteroatoms. The Morgan fingerprint density at radius 2 is 2.19 bits per heavy atom. The summed E-state index contributed by atoms with van der Waals surface area (Å²) in [7, 11) is 1.61. The third kappa shape index (κ3) is 3.95. The number of hydrogen-bond donors (Lipinski definition) is 1. The number of aryl methyl sites for hydroxylation is 1. The summed E-state index contributed by atoms with van der Waals surface area (Å²) in [5, 5.41) is 3.80.